The van der Waals surface area contributed by atoms with Gasteiger partial charge in [-0.15, -0.1) is 0 Å². The molecule has 1 unspecified atom stereocenters. The summed E-state index contributed by atoms with van der Waals surface area (Å²) in [6.07, 6.45) is 3.28. The van der Waals surface area contributed by atoms with E-state index in [0.717, 1.165) is 31.8 Å². The summed E-state index contributed by atoms with van der Waals surface area (Å²) in [5, 5.41) is 3.39. The molecule has 0 radical (unpaired) electrons. The third-order valence-electron chi connectivity index (χ3n) is 4.05. The first-order valence-corrected chi connectivity index (χ1v) is 7.80. The van der Waals surface area contributed by atoms with E-state index in [2.05, 4.69) is 5.32 Å². The predicted octanol–water partition coefficient (Wildman–Crippen LogP) is 0.114. The zero-order chi connectivity index (χ0) is 12.5. The van der Waals surface area contributed by atoms with Crippen LogP contribution in [0, 0.1) is 11.8 Å². The highest BCUT2D eigenvalue weighted by atomic mass is 32.2. The second kappa shape index (κ2) is 5.22. The second-order valence-corrected chi connectivity index (χ2v) is 7.42. The Morgan fingerprint density at radius 1 is 1.12 bits per heavy atom. The Hall–Kier alpha value is -0.170. The number of nitrogens with one attached hydrogen (secondary N) is 1. The summed E-state index contributed by atoms with van der Waals surface area (Å²) in [4.78, 5) is 0. The first-order chi connectivity index (χ1) is 8.01. The van der Waals surface area contributed by atoms with Gasteiger partial charge in [-0.05, 0) is 44.2 Å². The molecule has 5 nitrogen and oxygen atoms in total. The van der Waals surface area contributed by atoms with Crippen molar-refractivity contribution in [2.24, 2.45) is 11.8 Å². The smallest absolute Gasteiger partial charge is 0.281 e. The molecule has 17 heavy (non-hydrogen) atoms. The van der Waals surface area contributed by atoms with E-state index in [0.29, 0.717) is 19.0 Å². The van der Waals surface area contributed by atoms with Crippen molar-refractivity contribution in [3.8, 4) is 0 Å². The van der Waals surface area contributed by atoms with E-state index in [4.69, 9.17) is 0 Å². The van der Waals surface area contributed by atoms with Gasteiger partial charge in [0, 0.05) is 27.2 Å². The van der Waals surface area contributed by atoms with Crippen LogP contribution in [-0.2, 0) is 10.2 Å². The lowest BCUT2D eigenvalue weighted by molar-refractivity contribution is 0.211. The van der Waals surface area contributed by atoms with Crippen molar-refractivity contribution >= 4 is 10.2 Å². The van der Waals surface area contributed by atoms with Crippen molar-refractivity contribution in [2.75, 3.05) is 40.3 Å². The summed E-state index contributed by atoms with van der Waals surface area (Å²) < 4.78 is 26.8. The highest BCUT2D eigenvalue weighted by molar-refractivity contribution is 7.86. The van der Waals surface area contributed by atoms with Gasteiger partial charge in [-0.3, -0.25) is 0 Å². The molecular weight excluding hydrogens is 238 g/mol. The molecule has 0 aliphatic carbocycles. The van der Waals surface area contributed by atoms with E-state index < -0.39 is 10.2 Å². The van der Waals surface area contributed by atoms with E-state index in [1.807, 2.05) is 0 Å². The summed E-state index contributed by atoms with van der Waals surface area (Å²) in [7, 11) is 0.00317. The molecule has 1 atom stereocenters. The Morgan fingerprint density at radius 3 is 2.24 bits per heavy atom. The molecule has 0 amide bonds. The van der Waals surface area contributed by atoms with Gasteiger partial charge in [0.2, 0.25) is 0 Å². The number of piperidine rings is 1. The van der Waals surface area contributed by atoms with Crippen LogP contribution < -0.4 is 5.32 Å². The molecule has 0 aromatic carbocycles. The molecule has 0 bridgehead atoms. The molecule has 2 fully saturated rings. The maximum absolute atomic E-state index is 12.0. The molecule has 2 heterocycles. The molecule has 2 rings (SSSR count). The van der Waals surface area contributed by atoms with E-state index in [9.17, 15) is 8.42 Å². The van der Waals surface area contributed by atoms with Crippen molar-refractivity contribution in [1.29, 1.82) is 0 Å². The average Bonchev–Trinajstić information content (AvgIpc) is 2.82. The Morgan fingerprint density at radius 2 is 1.76 bits per heavy atom. The molecule has 2 aliphatic heterocycles. The number of hydrogen-bond acceptors (Lipinski definition) is 3. The van der Waals surface area contributed by atoms with Crippen LogP contribution in [0.4, 0.5) is 0 Å². The summed E-state index contributed by atoms with van der Waals surface area (Å²) in [6.45, 7) is 3.61. The van der Waals surface area contributed by atoms with E-state index >= 15 is 0 Å². The Labute approximate surface area is 104 Å². The quantitative estimate of drug-likeness (QED) is 0.785. The number of rotatable bonds is 3. The van der Waals surface area contributed by atoms with Gasteiger partial charge >= 0.3 is 0 Å². The number of hydrogen-bond donors (Lipinski definition) is 1. The van der Waals surface area contributed by atoms with Crippen LogP contribution in [-0.4, -0.2) is 57.3 Å². The zero-order valence-electron chi connectivity index (χ0n) is 10.7. The molecular formula is C11H23N3O2S. The third kappa shape index (κ3) is 2.81. The van der Waals surface area contributed by atoms with Gasteiger partial charge < -0.3 is 5.32 Å². The van der Waals surface area contributed by atoms with E-state index in [-0.39, 0.29) is 0 Å². The van der Waals surface area contributed by atoms with Crippen molar-refractivity contribution < 1.29 is 8.42 Å². The summed E-state index contributed by atoms with van der Waals surface area (Å²) >= 11 is 0. The lowest BCUT2D eigenvalue weighted by Gasteiger charge is -2.35. The van der Waals surface area contributed by atoms with Gasteiger partial charge in [-0.2, -0.15) is 17.0 Å². The molecule has 0 aromatic heterocycles. The van der Waals surface area contributed by atoms with Crippen LogP contribution in [0.15, 0.2) is 0 Å². The van der Waals surface area contributed by atoms with E-state index in [1.165, 1.54) is 10.7 Å². The minimum Gasteiger partial charge on any atom is -0.316 e. The normalized spacial score (nSPS) is 29.0. The van der Waals surface area contributed by atoms with E-state index in [1.54, 1.807) is 18.4 Å². The molecule has 0 saturated carbocycles. The molecule has 2 aliphatic rings. The van der Waals surface area contributed by atoms with Crippen LogP contribution in [0.25, 0.3) is 0 Å². The van der Waals surface area contributed by atoms with Gasteiger partial charge in [0.05, 0.1) is 0 Å². The van der Waals surface area contributed by atoms with Crippen molar-refractivity contribution in [2.45, 2.75) is 19.3 Å². The van der Waals surface area contributed by atoms with Gasteiger partial charge in [0.1, 0.15) is 0 Å². The van der Waals surface area contributed by atoms with Gasteiger partial charge in [0.25, 0.3) is 10.2 Å². The summed E-state index contributed by atoms with van der Waals surface area (Å²) in [5.74, 6) is 1.47. The highest BCUT2D eigenvalue weighted by Crippen LogP contribution is 2.30. The largest absolute Gasteiger partial charge is 0.316 e. The van der Waals surface area contributed by atoms with Crippen LogP contribution >= 0.6 is 0 Å². The Balaban J connectivity index is 1.89. The highest BCUT2D eigenvalue weighted by Gasteiger charge is 2.33. The van der Waals surface area contributed by atoms with Gasteiger partial charge in [-0.25, -0.2) is 0 Å². The van der Waals surface area contributed by atoms with Crippen LogP contribution in [0.5, 0.6) is 0 Å². The Kier molecular flexibility index (Phi) is 4.07. The lowest BCUT2D eigenvalue weighted by atomic mass is 9.84. The predicted molar refractivity (Wildman–Crippen MR) is 67.9 cm³/mol. The molecule has 2 saturated heterocycles. The standard InChI is InChI=1S/C11H23N3O2S/c1-13(2)17(15,16)14-7-4-10(5-8-14)11-3-6-12-9-11/h10-12H,3-9H2,1-2H3. The summed E-state index contributed by atoms with van der Waals surface area (Å²) in [6, 6.07) is 0. The SMILES string of the molecule is CN(C)S(=O)(=O)N1CCC(C2CCNC2)CC1. The van der Waals surface area contributed by atoms with Crippen molar-refractivity contribution in [3.05, 3.63) is 0 Å². The maximum Gasteiger partial charge on any atom is 0.281 e. The Bertz CT molecular complexity index is 342. The fraction of sp³-hybridized carbons (Fsp3) is 1.00. The number of nitrogens with zero attached hydrogens (tertiary/aromatic N) is 2. The molecule has 100 valence electrons. The van der Waals surface area contributed by atoms with Gasteiger partial charge in [0.15, 0.2) is 0 Å². The fourth-order valence-electron chi connectivity index (χ4n) is 2.89. The van der Waals surface area contributed by atoms with Crippen LogP contribution in [0.2, 0.25) is 0 Å². The molecule has 6 heteroatoms. The van der Waals surface area contributed by atoms with Gasteiger partial charge in [-0.1, -0.05) is 0 Å². The first-order valence-electron chi connectivity index (χ1n) is 6.40. The molecule has 1 N–H and O–H groups in total. The maximum atomic E-state index is 12.0. The van der Waals surface area contributed by atoms with Crippen molar-refractivity contribution in [3.63, 3.8) is 0 Å². The van der Waals surface area contributed by atoms with Crippen LogP contribution in [0.3, 0.4) is 0 Å². The monoisotopic (exact) mass is 261 g/mol. The topological polar surface area (TPSA) is 52.7 Å². The second-order valence-electron chi connectivity index (χ2n) is 5.28. The minimum absolute atomic E-state index is 0.682. The zero-order valence-corrected chi connectivity index (χ0v) is 11.5. The first kappa shape index (κ1) is 13.3. The molecule has 0 spiro atoms. The summed E-state index contributed by atoms with van der Waals surface area (Å²) in [5.41, 5.74) is 0. The average molecular weight is 261 g/mol. The lowest BCUT2D eigenvalue weighted by Crippen LogP contribution is -2.45. The molecule has 0 aromatic rings. The van der Waals surface area contributed by atoms with Crippen LogP contribution in [0.1, 0.15) is 19.3 Å². The third-order valence-corrected chi connectivity index (χ3v) is 5.99. The minimum atomic E-state index is -3.20. The fourth-order valence-corrected chi connectivity index (χ4v) is 4.02. The van der Waals surface area contributed by atoms with Crippen molar-refractivity contribution in [1.82, 2.24) is 13.9 Å².